The topological polar surface area (TPSA) is 50.4 Å². The minimum absolute atomic E-state index is 0.251. The van der Waals surface area contributed by atoms with E-state index in [-0.39, 0.29) is 6.03 Å². The molecule has 122 valence electrons. The second-order valence-corrected chi connectivity index (χ2v) is 6.34. The number of anilines is 1. The Hall–Kier alpha value is -2.01. The molecule has 2 amide bonds. The molecule has 0 bridgehead atoms. The van der Waals surface area contributed by atoms with Crippen LogP contribution >= 0.6 is 15.9 Å². The third-order valence-electron chi connectivity index (χ3n) is 3.35. The molecule has 2 rings (SSSR count). The fourth-order valence-electron chi connectivity index (χ4n) is 2.17. The van der Waals surface area contributed by atoms with Gasteiger partial charge in [-0.25, -0.2) is 4.79 Å². The maximum Gasteiger partial charge on any atom is 0.319 e. The lowest BCUT2D eigenvalue weighted by Gasteiger charge is -2.12. The van der Waals surface area contributed by atoms with E-state index >= 15 is 0 Å². The van der Waals surface area contributed by atoms with Crippen LogP contribution in [0, 0.1) is 20.8 Å². The van der Waals surface area contributed by atoms with Crippen molar-refractivity contribution in [1.29, 1.82) is 0 Å². The van der Waals surface area contributed by atoms with Crippen LogP contribution in [0.1, 0.15) is 16.7 Å². The van der Waals surface area contributed by atoms with E-state index in [9.17, 15) is 4.79 Å². The van der Waals surface area contributed by atoms with Gasteiger partial charge in [0, 0.05) is 4.47 Å². The fraction of sp³-hybridized carbons (Fsp3) is 0.278. The molecular weight excluding hydrogens is 356 g/mol. The SMILES string of the molecule is Cc1ccc(OCCNC(=O)Nc2ccc(C)cc2Br)c(C)c1. The molecule has 4 nitrogen and oxygen atoms in total. The van der Waals surface area contributed by atoms with Gasteiger partial charge in [-0.2, -0.15) is 0 Å². The second-order valence-electron chi connectivity index (χ2n) is 5.48. The van der Waals surface area contributed by atoms with Crippen LogP contribution in [0.4, 0.5) is 10.5 Å². The lowest BCUT2D eigenvalue weighted by Crippen LogP contribution is -2.32. The van der Waals surface area contributed by atoms with E-state index in [1.165, 1.54) is 5.56 Å². The smallest absolute Gasteiger partial charge is 0.319 e. The number of urea groups is 1. The van der Waals surface area contributed by atoms with Crippen LogP contribution in [0.3, 0.4) is 0 Å². The number of rotatable bonds is 5. The number of aryl methyl sites for hydroxylation is 3. The molecule has 5 heteroatoms. The van der Waals surface area contributed by atoms with Crippen molar-refractivity contribution in [1.82, 2.24) is 5.32 Å². The highest BCUT2D eigenvalue weighted by Gasteiger charge is 2.05. The quantitative estimate of drug-likeness (QED) is 0.750. The molecule has 0 aliphatic rings. The van der Waals surface area contributed by atoms with Crippen molar-refractivity contribution in [3.05, 3.63) is 57.6 Å². The van der Waals surface area contributed by atoms with E-state index in [2.05, 4.69) is 32.6 Å². The van der Waals surface area contributed by atoms with Crippen molar-refractivity contribution in [3.8, 4) is 5.75 Å². The first kappa shape index (κ1) is 17.3. The van der Waals surface area contributed by atoms with Gasteiger partial charge >= 0.3 is 6.03 Å². The van der Waals surface area contributed by atoms with Crippen LogP contribution in [0.15, 0.2) is 40.9 Å². The number of halogens is 1. The molecule has 2 N–H and O–H groups in total. The molecule has 0 unspecified atom stereocenters. The molecule has 0 aromatic heterocycles. The fourth-order valence-corrected chi connectivity index (χ4v) is 2.77. The van der Waals surface area contributed by atoms with Crippen molar-refractivity contribution in [2.45, 2.75) is 20.8 Å². The Bertz CT molecular complexity index is 701. The summed E-state index contributed by atoms with van der Waals surface area (Å²) in [6.07, 6.45) is 0. The Morgan fingerprint density at radius 3 is 2.48 bits per heavy atom. The molecule has 0 heterocycles. The summed E-state index contributed by atoms with van der Waals surface area (Å²) in [4.78, 5) is 11.9. The van der Waals surface area contributed by atoms with Gasteiger partial charge in [0.05, 0.1) is 12.2 Å². The van der Waals surface area contributed by atoms with Crippen molar-refractivity contribution >= 4 is 27.6 Å². The Kier molecular flexibility index (Phi) is 6.04. The maximum absolute atomic E-state index is 11.9. The molecular formula is C18H21BrN2O2. The first-order chi connectivity index (χ1) is 11.0. The number of carbonyl (C=O) groups excluding carboxylic acids is 1. The molecule has 0 radical (unpaired) electrons. The third kappa shape index (κ3) is 5.28. The van der Waals surface area contributed by atoms with Gasteiger partial charge in [0.2, 0.25) is 0 Å². The van der Waals surface area contributed by atoms with Gasteiger partial charge in [0.1, 0.15) is 12.4 Å². The summed E-state index contributed by atoms with van der Waals surface area (Å²) in [6.45, 7) is 6.91. The lowest BCUT2D eigenvalue weighted by molar-refractivity contribution is 0.247. The molecule has 0 saturated heterocycles. The van der Waals surface area contributed by atoms with Gasteiger partial charge in [-0.05, 0) is 66.0 Å². The van der Waals surface area contributed by atoms with Crippen LogP contribution in [0.2, 0.25) is 0 Å². The Balaban J connectivity index is 1.76. The van der Waals surface area contributed by atoms with E-state index in [4.69, 9.17) is 4.74 Å². The summed E-state index contributed by atoms with van der Waals surface area (Å²) in [7, 11) is 0. The minimum atomic E-state index is -0.251. The van der Waals surface area contributed by atoms with E-state index < -0.39 is 0 Å². The molecule has 0 spiro atoms. The van der Waals surface area contributed by atoms with Crippen LogP contribution in [-0.2, 0) is 0 Å². The number of hydrogen-bond acceptors (Lipinski definition) is 2. The normalized spacial score (nSPS) is 10.3. The number of benzene rings is 2. The largest absolute Gasteiger partial charge is 0.491 e. The number of ether oxygens (including phenoxy) is 1. The van der Waals surface area contributed by atoms with Gasteiger partial charge in [-0.1, -0.05) is 23.8 Å². The molecule has 0 aliphatic heterocycles. The predicted molar refractivity (Wildman–Crippen MR) is 97.3 cm³/mol. The summed E-state index contributed by atoms with van der Waals surface area (Å²) >= 11 is 3.43. The Morgan fingerprint density at radius 2 is 1.78 bits per heavy atom. The van der Waals surface area contributed by atoms with Crippen LogP contribution < -0.4 is 15.4 Å². The van der Waals surface area contributed by atoms with E-state index in [0.29, 0.717) is 13.2 Å². The van der Waals surface area contributed by atoms with Crippen molar-refractivity contribution < 1.29 is 9.53 Å². The highest BCUT2D eigenvalue weighted by molar-refractivity contribution is 9.10. The minimum Gasteiger partial charge on any atom is -0.491 e. The van der Waals surface area contributed by atoms with Gasteiger partial charge in [-0.15, -0.1) is 0 Å². The molecule has 0 saturated carbocycles. The van der Waals surface area contributed by atoms with Crippen molar-refractivity contribution in [2.24, 2.45) is 0 Å². The average molecular weight is 377 g/mol. The monoisotopic (exact) mass is 376 g/mol. The first-order valence-corrected chi connectivity index (χ1v) is 8.26. The standard InChI is InChI=1S/C18H21BrN2O2/c1-12-5-7-17(14(3)10-12)23-9-8-20-18(22)21-16-6-4-13(2)11-15(16)19/h4-7,10-11H,8-9H2,1-3H3,(H2,20,21,22). The van der Waals surface area contributed by atoms with E-state index in [0.717, 1.165) is 27.0 Å². The van der Waals surface area contributed by atoms with Gasteiger partial charge < -0.3 is 15.4 Å². The summed E-state index contributed by atoms with van der Waals surface area (Å²) in [5.74, 6) is 0.846. The molecule has 2 aromatic rings. The number of hydrogen-bond donors (Lipinski definition) is 2. The average Bonchev–Trinajstić information content (AvgIpc) is 2.48. The van der Waals surface area contributed by atoms with E-state index in [1.54, 1.807) is 0 Å². The Labute approximate surface area is 145 Å². The Morgan fingerprint density at radius 1 is 1.09 bits per heavy atom. The van der Waals surface area contributed by atoms with E-state index in [1.807, 2.05) is 51.1 Å². The summed E-state index contributed by atoms with van der Waals surface area (Å²) in [5, 5.41) is 5.58. The predicted octanol–water partition coefficient (Wildman–Crippen LogP) is 4.57. The molecule has 0 atom stereocenters. The summed E-state index contributed by atoms with van der Waals surface area (Å²) in [6, 6.07) is 11.6. The highest BCUT2D eigenvalue weighted by atomic mass is 79.9. The molecule has 0 fully saturated rings. The number of nitrogens with one attached hydrogen (secondary N) is 2. The number of carbonyl (C=O) groups is 1. The molecule has 0 aliphatic carbocycles. The van der Waals surface area contributed by atoms with Gasteiger partial charge in [0.25, 0.3) is 0 Å². The third-order valence-corrected chi connectivity index (χ3v) is 4.00. The zero-order valence-corrected chi connectivity index (χ0v) is 15.2. The summed E-state index contributed by atoms with van der Waals surface area (Å²) in [5.41, 5.74) is 4.17. The summed E-state index contributed by atoms with van der Waals surface area (Å²) < 4.78 is 6.54. The van der Waals surface area contributed by atoms with Gasteiger partial charge in [0.15, 0.2) is 0 Å². The maximum atomic E-state index is 11.9. The van der Waals surface area contributed by atoms with Crippen molar-refractivity contribution in [2.75, 3.05) is 18.5 Å². The zero-order chi connectivity index (χ0) is 16.8. The van der Waals surface area contributed by atoms with Crippen molar-refractivity contribution in [3.63, 3.8) is 0 Å². The first-order valence-electron chi connectivity index (χ1n) is 7.47. The molecule has 2 aromatic carbocycles. The molecule has 23 heavy (non-hydrogen) atoms. The van der Waals surface area contributed by atoms with Crippen LogP contribution in [0.25, 0.3) is 0 Å². The second kappa shape index (κ2) is 8.02. The van der Waals surface area contributed by atoms with Gasteiger partial charge in [-0.3, -0.25) is 0 Å². The van der Waals surface area contributed by atoms with Crippen LogP contribution in [0.5, 0.6) is 5.75 Å². The number of amides is 2. The van der Waals surface area contributed by atoms with Crippen LogP contribution in [-0.4, -0.2) is 19.2 Å². The highest BCUT2D eigenvalue weighted by Crippen LogP contribution is 2.23. The zero-order valence-electron chi connectivity index (χ0n) is 13.6. The lowest BCUT2D eigenvalue weighted by atomic mass is 10.1.